The molecule has 5 rings (SSSR count). The SMILES string of the molecule is COc1ccc(-c2nn(-c3ccccc3)cc2C=C2SC(=S)N(C3CCCC3)C2=O)cc1OC. The zero-order valence-electron chi connectivity index (χ0n) is 19.1. The Morgan fingerprint density at radius 1 is 1.06 bits per heavy atom. The van der Waals surface area contributed by atoms with Gasteiger partial charge in [0.15, 0.2) is 11.5 Å². The lowest BCUT2D eigenvalue weighted by Crippen LogP contribution is -2.36. The summed E-state index contributed by atoms with van der Waals surface area (Å²) in [4.78, 5) is 15.7. The third-order valence-electron chi connectivity index (χ3n) is 6.22. The van der Waals surface area contributed by atoms with E-state index in [0.717, 1.165) is 48.2 Å². The van der Waals surface area contributed by atoms with E-state index in [1.54, 1.807) is 14.2 Å². The summed E-state index contributed by atoms with van der Waals surface area (Å²) in [7, 11) is 3.22. The van der Waals surface area contributed by atoms with Crippen molar-refractivity contribution in [3.05, 3.63) is 65.2 Å². The van der Waals surface area contributed by atoms with Crippen molar-refractivity contribution in [1.82, 2.24) is 14.7 Å². The van der Waals surface area contributed by atoms with Crippen molar-refractivity contribution in [2.45, 2.75) is 31.7 Å². The van der Waals surface area contributed by atoms with Crippen LogP contribution < -0.4 is 9.47 Å². The molecule has 1 saturated heterocycles. The molecule has 3 aromatic rings. The Hall–Kier alpha value is -3.10. The molecule has 0 atom stereocenters. The number of hydrogen-bond donors (Lipinski definition) is 0. The Labute approximate surface area is 208 Å². The Balaban J connectivity index is 1.58. The monoisotopic (exact) mass is 491 g/mol. The molecule has 1 saturated carbocycles. The molecule has 174 valence electrons. The molecule has 1 aliphatic carbocycles. The minimum Gasteiger partial charge on any atom is -0.493 e. The van der Waals surface area contributed by atoms with Gasteiger partial charge in [-0.15, -0.1) is 0 Å². The molecule has 0 bridgehead atoms. The van der Waals surface area contributed by atoms with E-state index in [4.69, 9.17) is 26.8 Å². The highest BCUT2D eigenvalue weighted by Crippen LogP contribution is 2.39. The average Bonchev–Trinajstić information content (AvgIpc) is 3.59. The second-order valence-electron chi connectivity index (χ2n) is 8.27. The van der Waals surface area contributed by atoms with Crippen LogP contribution in [0.4, 0.5) is 0 Å². The molecule has 1 amide bonds. The van der Waals surface area contributed by atoms with Gasteiger partial charge < -0.3 is 9.47 Å². The molecule has 2 fully saturated rings. The van der Waals surface area contributed by atoms with Crippen LogP contribution in [0, 0.1) is 0 Å². The van der Waals surface area contributed by atoms with E-state index >= 15 is 0 Å². The first-order valence-corrected chi connectivity index (χ1v) is 12.5. The minimum absolute atomic E-state index is 0.00683. The summed E-state index contributed by atoms with van der Waals surface area (Å²) in [5.41, 5.74) is 3.38. The number of rotatable bonds is 6. The van der Waals surface area contributed by atoms with Gasteiger partial charge in [-0.05, 0) is 49.2 Å². The van der Waals surface area contributed by atoms with Crippen molar-refractivity contribution in [2.75, 3.05) is 14.2 Å². The third kappa shape index (κ3) is 4.23. The highest BCUT2D eigenvalue weighted by molar-refractivity contribution is 8.26. The lowest BCUT2D eigenvalue weighted by Gasteiger charge is -2.21. The van der Waals surface area contributed by atoms with E-state index in [9.17, 15) is 4.79 Å². The Morgan fingerprint density at radius 2 is 1.79 bits per heavy atom. The number of thiocarbonyl (C=S) groups is 1. The molecule has 0 unspecified atom stereocenters. The summed E-state index contributed by atoms with van der Waals surface area (Å²) in [6.07, 6.45) is 8.18. The number of ether oxygens (including phenoxy) is 2. The second kappa shape index (κ2) is 9.64. The number of thioether (sulfide) groups is 1. The molecule has 1 aromatic heterocycles. The highest BCUT2D eigenvalue weighted by Gasteiger charge is 2.38. The fourth-order valence-electron chi connectivity index (χ4n) is 4.51. The molecule has 34 heavy (non-hydrogen) atoms. The predicted octanol–water partition coefficient (Wildman–Crippen LogP) is 5.70. The summed E-state index contributed by atoms with van der Waals surface area (Å²) >= 11 is 6.97. The van der Waals surface area contributed by atoms with E-state index in [2.05, 4.69) is 0 Å². The maximum atomic E-state index is 13.3. The number of carbonyl (C=O) groups excluding carboxylic acids is 1. The fourth-order valence-corrected chi connectivity index (χ4v) is 5.90. The number of nitrogens with zero attached hydrogens (tertiary/aromatic N) is 3. The van der Waals surface area contributed by atoms with Crippen molar-refractivity contribution in [1.29, 1.82) is 0 Å². The van der Waals surface area contributed by atoms with Crippen LogP contribution in [0.5, 0.6) is 11.5 Å². The average molecular weight is 492 g/mol. The van der Waals surface area contributed by atoms with Gasteiger partial charge in [-0.3, -0.25) is 9.69 Å². The zero-order valence-corrected chi connectivity index (χ0v) is 20.7. The highest BCUT2D eigenvalue weighted by atomic mass is 32.2. The predicted molar refractivity (Wildman–Crippen MR) is 139 cm³/mol. The van der Waals surface area contributed by atoms with Gasteiger partial charge >= 0.3 is 0 Å². The van der Waals surface area contributed by atoms with E-state index in [0.29, 0.717) is 20.7 Å². The third-order valence-corrected chi connectivity index (χ3v) is 7.55. The standard InChI is InChI=1S/C26H25N3O3S2/c1-31-21-13-12-17(14-22(21)32-2)24-18(16-28(27-24)19-8-4-3-5-9-19)15-23-25(30)29(26(33)34-23)20-10-6-7-11-20/h3-5,8-9,12-16,20H,6-7,10-11H2,1-2H3. The minimum atomic E-state index is -0.00683. The normalized spacial score (nSPS) is 17.7. The lowest BCUT2D eigenvalue weighted by molar-refractivity contribution is -0.123. The number of methoxy groups -OCH3 is 2. The Morgan fingerprint density at radius 3 is 2.50 bits per heavy atom. The van der Waals surface area contributed by atoms with Crippen LogP contribution in [0.3, 0.4) is 0 Å². The van der Waals surface area contributed by atoms with Crippen LogP contribution in [0.15, 0.2) is 59.6 Å². The number of hydrogen-bond acceptors (Lipinski definition) is 6. The molecule has 2 aliphatic rings. The van der Waals surface area contributed by atoms with E-state index in [1.807, 2.05) is 70.4 Å². The number of benzene rings is 2. The maximum Gasteiger partial charge on any atom is 0.266 e. The van der Waals surface area contributed by atoms with Crippen molar-refractivity contribution in [3.8, 4) is 28.4 Å². The van der Waals surface area contributed by atoms with Crippen molar-refractivity contribution in [2.24, 2.45) is 0 Å². The van der Waals surface area contributed by atoms with Gasteiger partial charge in [0, 0.05) is 23.4 Å². The first-order chi connectivity index (χ1) is 16.6. The van der Waals surface area contributed by atoms with Crippen LogP contribution >= 0.6 is 24.0 Å². The number of aromatic nitrogens is 2. The Bertz CT molecular complexity index is 1260. The van der Waals surface area contributed by atoms with Gasteiger partial charge in [-0.1, -0.05) is 55.0 Å². The maximum absolute atomic E-state index is 13.3. The Kier molecular flexibility index (Phi) is 6.43. The molecule has 0 radical (unpaired) electrons. The molecule has 6 nitrogen and oxygen atoms in total. The molecule has 0 spiro atoms. The lowest BCUT2D eigenvalue weighted by atomic mass is 10.1. The molecule has 1 aliphatic heterocycles. The van der Waals surface area contributed by atoms with Crippen molar-refractivity contribution >= 4 is 40.3 Å². The smallest absolute Gasteiger partial charge is 0.266 e. The van der Waals surface area contributed by atoms with Gasteiger partial charge in [0.05, 0.1) is 24.8 Å². The van der Waals surface area contributed by atoms with Crippen molar-refractivity contribution < 1.29 is 14.3 Å². The first kappa shape index (κ1) is 22.7. The van der Waals surface area contributed by atoms with Crippen LogP contribution in [-0.2, 0) is 4.79 Å². The number of amides is 1. The van der Waals surface area contributed by atoms with Gasteiger partial charge in [-0.25, -0.2) is 4.68 Å². The quantitative estimate of drug-likeness (QED) is 0.326. The van der Waals surface area contributed by atoms with Gasteiger partial charge in [-0.2, -0.15) is 5.10 Å². The van der Waals surface area contributed by atoms with Crippen LogP contribution in [0.1, 0.15) is 31.2 Å². The molecule has 2 heterocycles. The molecular formula is C26H25N3O3S2. The molecule has 8 heteroatoms. The molecular weight excluding hydrogens is 466 g/mol. The van der Waals surface area contributed by atoms with Gasteiger partial charge in [0.1, 0.15) is 10.0 Å². The summed E-state index contributed by atoms with van der Waals surface area (Å²) in [5.74, 6) is 1.26. The number of para-hydroxylation sites is 1. The summed E-state index contributed by atoms with van der Waals surface area (Å²) in [6, 6.07) is 15.8. The van der Waals surface area contributed by atoms with Gasteiger partial charge in [0.25, 0.3) is 5.91 Å². The second-order valence-corrected chi connectivity index (χ2v) is 9.95. The summed E-state index contributed by atoms with van der Waals surface area (Å²) < 4.78 is 13.4. The van der Waals surface area contributed by atoms with Crippen LogP contribution in [-0.4, -0.2) is 45.2 Å². The van der Waals surface area contributed by atoms with E-state index in [-0.39, 0.29) is 11.9 Å². The van der Waals surface area contributed by atoms with Crippen molar-refractivity contribution in [3.63, 3.8) is 0 Å². The topological polar surface area (TPSA) is 56.6 Å². The largest absolute Gasteiger partial charge is 0.493 e. The van der Waals surface area contributed by atoms with Crippen LogP contribution in [0.25, 0.3) is 23.0 Å². The molecule has 2 aromatic carbocycles. The van der Waals surface area contributed by atoms with E-state index < -0.39 is 0 Å². The number of carbonyl (C=O) groups is 1. The zero-order chi connectivity index (χ0) is 23.7. The summed E-state index contributed by atoms with van der Waals surface area (Å²) in [6.45, 7) is 0. The summed E-state index contributed by atoms with van der Waals surface area (Å²) in [5, 5.41) is 4.87. The van der Waals surface area contributed by atoms with Crippen LogP contribution in [0.2, 0.25) is 0 Å². The van der Waals surface area contributed by atoms with Gasteiger partial charge in [0.2, 0.25) is 0 Å². The fraction of sp³-hybridized carbons (Fsp3) is 0.269. The van der Waals surface area contributed by atoms with E-state index in [1.165, 1.54) is 11.8 Å². The molecule has 0 N–H and O–H groups in total. The first-order valence-electron chi connectivity index (χ1n) is 11.2.